The second kappa shape index (κ2) is 8.84. The van der Waals surface area contributed by atoms with Crippen LogP contribution in [-0.2, 0) is 19.2 Å². The van der Waals surface area contributed by atoms with Crippen LogP contribution in [0, 0.1) is 10.1 Å². The van der Waals surface area contributed by atoms with Crippen LogP contribution >= 0.6 is 0 Å². The van der Waals surface area contributed by atoms with Crippen molar-refractivity contribution in [1.82, 2.24) is 5.06 Å². The quantitative estimate of drug-likeness (QED) is 0.214. The molecule has 0 N–H and O–H groups in total. The Labute approximate surface area is 159 Å². The molecule has 0 spiro atoms. The molecule has 150 valence electrons. The summed E-state index contributed by atoms with van der Waals surface area (Å²) in [7, 11) is 1.34. The standard InChI is InChI=1S/C17H18N2O9/c1-4-7-26-14-9-12(19(23)24)11(8-13(14)25-3)10(2)27-17(22)28-18-15(20)5-6-16(18)21/h4,8-10H,1,5-7H2,2-3H3. The minimum absolute atomic E-state index is 0.00354. The van der Waals surface area contributed by atoms with E-state index in [4.69, 9.17) is 14.2 Å². The van der Waals surface area contributed by atoms with Gasteiger partial charge in [-0.05, 0) is 13.0 Å². The van der Waals surface area contributed by atoms with E-state index in [0.717, 1.165) is 6.07 Å². The molecule has 1 aliphatic heterocycles. The number of imide groups is 1. The lowest BCUT2D eigenvalue weighted by Crippen LogP contribution is -2.32. The molecule has 11 heteroatoms. The first kappa shape index (κ1) is 20.7. The lowest BCUT2D eigenvalue weighted by atomic mass is 10.1. The van der Waals surface area contributed by atoms with Gasteiger partial charge in [-0.3, -0.25) is 24.5 Å². The van der Waals surface area contributed by atoms with Gasteiger partial charge in [0.25, 0.3) is 17.5 Å². The summed E-state index contributed by atoms with van der Waals surface area (Å²) in [5, 5.41) is 11.7. The number of benzene rings is 1. The average molecular weight is 394 g/mol. The summed E-state index contributed by atoms with van der Waals surface area (Å²) in [6.07, 6.45) is -1.19. The largest absolute Gasteiger partial charge is 0.534 e. The van der Waals surface area contributed by atoms with Crippen LogP contribution in [0.3, 0.4) is 0 Å². The molecule has 2 amide bonds. The molecule has 0 aliphatic carbocycles. The lowest BCUT2D eigenvalue weighted by molar-refractivity contribution is -0.386. The summed E-state index contributed by atoms with van der Waals surface area (Å²) < 4.78 is 15.5. The molecule has 1 unspecified atom stereocenters. The van der Waals surface area contributed by atoms with Gasteiger partial charge in [0.2, 0.25) is 0 Å². The molecule has 1 atom stereocenters. The summed E-state index contributed by atoms with van der Waals surface area (Å²) >= 11 is 0. The zero-order chi connectivity index (χ0) is 20.8. The van der Waals surface area contributed by atoms with Crippen molar-refractivity contribution < 1.29 is 38.4 Å². The predicted octanol–water partition coefficient (Wildman–Crippen LogP) is 2.45. The van der Waals surface area contributed by atoms with Crippen molar-refractivity contribution in [3.63, 3.8) is 0 Å². The summed E-state index contributed by atoms with van der Waals surface area (Å²) in [4.78, 5) is 50.2. The zero-order valence-electron chi connectivity index (χ0n) is 15.2. The third-order valence-electron chi connectivity index (χ3n) is 3.75. The van der Waals surface area contributed by atoms with Gasteiger partial charge in [0.1, 0.15) is 12.7 Å². The fraction of sp³-hybridized carbons (Fsp3) is 0.353. The van der Waals surface area contributed by atoms with Crippen molar-refractivity contribution in [1.29, 1.82) is 0 Å². The van der Waals surface area contributed by atoms with Crippen molar-refractivity contribution in [2.75, 3.05) is 13.7 Å². The third-order valence-corrected chi connectivity index (χ3v) is 3.75. The molecule has 1 saturated heterocycles. The number of rotatable bonds is 8. The minimum atomic E-state index is -1.35. The molecule has 0 radical (unpaired) electrons. The molecule has 1 fully saturated rings. The Bertz CT molecular complexity index is 805. The van der Waals surface area contributed by atoms with Gasteiger partial charge >= 0.3 is 6.16 Å². The highest BCUT2D eigenvalue weighted by Gasteiger charge is 2.34. The highest BCUT2D eigenvalue weighted by molar-refractivity contribution is 6.01. The van der Waals surface area contributed by atoms with Gasteiger partial charge in [-0.25, -0.2) is 4.79 Å². The fourth-order valence-corrected chi connectivity index (χ4v) is 2.43. The molecule has 0 aromatic heterocycles. The zero-order valence-corrected chi connectivity index (χ0v) is 15.2. The van der Waals surface area contributed by atoms with E-state index in [1.807, 2.05) is 0 Å². The van der Waals surface area contributed by atoms with Crippen LogP contribution in [0.1, 0.15) is 31.4 Å². The van der Waals surface area contributed by atoms with Gasteiger partial charge in [-0.15, -0.1) is 0 Å². The normalized spacial score (nSPS) is 14.4. The van der Waals surface area contributed by atoms with Crippen LogP contribution in [0.15, 0.2) is 24.8 Å². The molecule has 0 bridgehead atoms. The van der Waals surface area contributed by atoms with E-state index in [1.54, 1.807) is 0 Å². The van der Waals surface area contributed by atoms with E-state index in [-0.39, 0.29) is 42.2 Å². The highest BCUT2D eigenvalue weighted by atomic mass is 16.8. The van der Waals surface area contributed by atoms with Gasteiger partial charge in [0, 0.05) is 12.8 Å². The third kappa shape index (κ3) is 4.55. The van der Waals surface area contributed by atoms with Gasteiger partial charge in [0.05, 0.1) is 23.7 Å². The molecule has 1 heterocycles. The van der Waals surface area contributed by atoms with Crippen molar-refractivity contribution in [2.24, 2.45) is 0 Å². The maximum Gasteiger partial charge on any atom is 0.534 e. The molecule has 11 nitrogen and oxygen atoms in total. The first-order valence-electron chi connectivity index (χ1n) is 8.12. The first-order chi connectivity index (χ1) is 13.3. The highest BCUT2D eigenvalue weighted by Crippen LogP contribution is 2.38. The molecule has 28 heavy (non-hydrogen) atoms. The number of hydrogen-bond acceptors (Lipinski definition) is 9. The summed E-state index contributed by atoms with van der Waals surface area (Å²) in [5.41, 5.74) is -0.377. The topological polar surface area (TPSA) is 135 Å². The Balaban J connectivity index is 2.22. The Kier molecular flexibility index (Phi) is 6.53. The van der Waals surface area contributed by atoms with Crippen LogP contribution in [0.2, 0.25) is 0 Å². The molecular weight excluding hydrogens is 376 g/mol. The summed E-state index contributed by atoms with van der Waals surface area (Å²) in [6, 6.07) is 2.43. The van der Waals surface area contributed by atoms with Crippen LogP contribution in [-0.4, -0.2) is 41.7 Å². The van der Waals surface area contributed by atoms with Crippen LogP contribution in [0.4, 0.5) is 10.5 Å². The number of methoxy groups -OCH3 is 1. The second-order valence-electron chi connectivity index (χ2n) is 5.60. The molecule has 1 aromatic rings. The number of nitro groups is 1. The number of hydrogen-bond donors (Lipinski definition) is 0. The number of nitrogens with zero attached hydrogens (tertiary/aromatic N) is 2. The molecule has 1 aliphatic rings. The Morgan fingerprint density at radius 2 is 1.96 bits per heavy atom. The first-order valence-corrected chi connectivity index (χ1v) is 8.12. The number of ether oxygens (including phenoxy) is 3. The molecule has 0 saturated carbocycles. The second-order valence-corrected chi connectivity index (χ2v) is 5.60. The van der Waals surface area contributed by atoms with Gasteiger partial charge in [-0.2, -0.15) is 0 Å². The Morgan fingerprint density at radius 3 is 2.50 bits per heavy atom. The van der Waals surface area contributed by atoms with Gasteiger partial charge < -0.3 is 14.2 Å². The van der Waals surface area contributed by atoms with Crippen LogP contribution in [0.5, 0.6) is 11.5 Å². The number of hydroxylamine groups is 2. The summed E-state index contributed by atoms with van der Waals surface area (Å²) in [6.45, 7) is 4.96. The molecule has 1 aromatic carbocycles. The number of nitro benzene ring substituents is 1. The minimum Gasteiger partial charge on any atom is -0.493 e. The SMILES string of the molecule is C=CCOc1cc([N+](=O)[O-])c(C(C)OC(=O)ON2C(=O)CCC2=O)cc1OC. The van der Waals surface area contributed by atoms with E-state index < -0.39 is 29.0 Å². The predicted molar refractivity (Wildman–Crippen MR) is 92.4 cm³/mol. The number of carbonyl (C=O) groups excluding carboxylic acids is 3. The van der Waals surface area contributed by atoms with Gasteiger partial charge in [0.15, 0.2) is 11.5 Å². The van der Waals surface area contributed by atoms with E-state index >= 15 is 0 Å². The maximum absolute atomic E-state index is 11.9. The molecule has 2 rings (SSSR count). The average Bonchev–Trinajstić information content (AvgIpc) is 2.97. The number of amides is 2. The van der Waals surface area contributed by atoms with E-state index in [9.17, 15) is 24.5 Å². The van der Waals surface area contributed by atoms with Gasteiger partial charge in [-0.1, -0.05) is 17.7 Å². The van der Waals surface area contributed by atoms with Crippen molar-refractivity contribution >= 4 is 23.7 Å². The smallest absolute Gasteiger partial charge is 0.493 e. The fourth-order valence-electron chi connectivity index (χ4n) is 2.43. The van der Waals surface area contributed by atoms with Crippen molar-refractivity contribution in [2.45, 2.75) is 25.9 Å². The lowest BCUT2D eigenvalue weighted by Gasteiger charge is -2.18. The Hall–Kier alpha value is -3.63. The van der Waals surface area contributed by atoms with Crippen molar-refractivity contribution in [3.05, 3.63) is 40.5 Å². The molecular formula is C17H18N2O9. The van der Waals surface area contributed by atoms with E-state index in [1.165, 1.54) is 26.2 Å². The van der Waals surface area contributed by atoms with E-state index in [0.29, 0.717) is 5.06 Å². The maximum atomic E-state index is 11.9. The van der Waals surface area contributed by atoms with Crippen LogP contribution in [0.25, 0.3) is 0 Å². The number of carbonyl (C=O) groups is 3. The summed E-state index contributed by atoms with van der Waals surface area (Å²) in [5.74, 6) is -1.06. The monoisotopic (exact) mass is 394 g/mol. The van der Waals surface area contributed by atoms with E-state index in [2.05, 4.69) is 11.4 Å². The van der Waals surface area contributed by atoms with Crippen LogP contribution < -0.4 is 9.47 Å². The van der Waals surface area contributed by atoms with Crippen molar-refractivity contribution in [3.8, 4) is 11.5 Å². The Morgan fingerprint density at radius 1 is 1.32 bits per heavy atom.